The van der Waals surface area contributed by atoms with E-state index in [1.807, 2.05) is 32.9 Å². The molecule has 0 fully saturated rings. The Morgan fingerprint density at radius 1 is 1.21 bits per heavy atom. The molecule has 0 spiro atoms. The molecule has 1 heterocycles. The van der Waals surface area contributed by atoms with E-state index in [0.29, 0.717) is 5.56 Å². The van der Waals surface area contributed by atoms with Crippen molar-refractivity contribution in [2.45, 2.75) is 26.9 Å². The van der Waals surface area contributed by atoms with Gasteiger partial charge < -0.3 is 4.74 Å². The van der Waals surface area contributed by atoms with Crippen molar-refractivity contribution in [1.82, 2.24) is 0 Å². The molecule has 1 atom stereocenters. The number of ether oxygens (including phenoxy) is 1. The first-order valence-corrected chi connectivity index (χ1v) is 7.70. The van der Waals surface area contributed by atoms with Crippen LogP contribution in [0.4, 0.5) is 0 Å². The van der Waals surface area contributed by atoms with Crippen LogP contribution < -0.4 is 0 Å². The molecule has 2 rings (SSSR count). The third-order valence-electron chi connectivity index (χ3n) is 3.04. The van der Waals surface area contributed by atoms with Crippen molar-refractivity contribution in [1.29, 1.82) is 0 Å². The number of rotatable bonds is 2. The molecule has 1 aromatic carbocycles. The molecule has 0 aliphatic carbocycles. The Hall–Kier alpha value is -1.62. The van der Waals surface area contributed by atoms with E-state index in [0.717, 1.165) is 22.1 Å². The zero-order valence-electron chi connectivity index (χ0n) is 11.1. The van der Waals surface area contributed by atoms with Gasteiger partial charge in [-0.1, -0.05) is 17.7 Å². The Morgan fingerprint density at radius 2 is 1.79 bits per heavy atom. The van der Waals surface area contributed by atoms with Crippen LogP contribution >= 0.6 is 0 Å². The van der Waals surface area contributed by atoms with Crippen LogP contribution in [-0.2, 0) is 14.6 Å². The maximum Gasteiger partial charge on any atom is 0.339 e. The molecule has 0 saturated carbocycles. The molecule has 4 nitrogen and oxygen atoms in total. The lowest BCUT2D eigenvalue weighted by Crippen LogP contribution is -2.21. The summed E-state index contributed by atoms with van der Waals surface area (Å²) in [6.07, 6.45) is 0.726. The predicted molar refractivity (Wildman–Crippen MR) is 72.8 cm³/mol. The number of hydrogen-bond donors (Lipinski definition) is 0. The highest BCUT2D eigenvalue weighted by atomic mass is 32.2. The predicted octanol–water partition coefficient (Wildman–Crippen LogP) is 2.08. The molecule has 1 aromatic rings. The van der Waals surface area contributed by atoms with Crippen LogP contribution in [0.3, 0.4) is 0 Å². The molecule has 1 aliphatic rings. The van der Waals surface area contributed by atoms with Gasteiger partial charge in [-0.05, 0) is 38.0 Å². The zero-order chi connectivity index (χ0) is 14.2. The zero-order valence-corrected chi connectivity index (χ0v) is 12.0. The molecule has 102 valence electrons. The van der Waals surface area contributed by atoms with Crippen LogP contribution in [0.1, 0.15) is 27.0 Å². The summed E-state index contributed by atoms with van der Waals surface area (Å²) < 4.78 is 27.7. The Morgan fingerprint density at radius 3 is 2.26 bits per heavy atom. The van der Waals surface area contributed by atoms with Crippen molar-refractivity contribution < 1.29 is 17.9 Å². The maximum atomic E-state index is 12.1. The quantitative estimate of drug-likeness (QED) is 0.778. The van der Waals surface area contributed by atoms with Gasteiger partial charge in [0, 0.05) is 5.41 Å². The number of benzene rings is 1. The van der Waals surface area contributed by atoms with Crippen molar-refractivity contribution in [2.24, 2.45) is 0 Å². The van der Waals surface area contributed by atoms with E-state index in [4.69, 9.17) is 4.74 Å². The molecule has 0 aromatic heterocycles. The van der Waals surface area contributed by atoms with E-state index >= 15 is 0 Å². The van der Waals surface area contributed by atoms with Gasteiger partial charge in [0.1, 0.15) is 6.10 Å². The molecule has 1 aliphatic heterocycles. The van der Waals surface area contributed by atoms with Gasteiger partial charge in [0.25, 0.3) is 0 Å². The minimum absolute atomic E-state index is 0.164. The second kappa shape index (κ2) is 4.81. The van der Waals surface area contributed by atoms with Crippen LogP contribution in [0.25, 0.3) is 0 Å². The fourth-order valence-corrected chi connectivity index (χ4v) is 3.48. The lowest BCUT2D eigenvalue weighted by atomic mass is 10.00. The lowest BCUT2D eigenvalue weighted by Gasteiger charge is -2.13. The van der Waals surface area contributed by atoms with E-state index in [1.165, 1.54) is 6.08 Å². The van der Waals surface area contributed by atoms with Gasteiger partial charge >= 0.3 is 5.97 Å². The van der Waals surface area contributed by atoms with E-state index in [-0.39, 0.29) is 5.75 Å². The minimum atomic E-state index is -3.21. The van der Waals surface area contributed by atoms with Crippen molar-refractivity contribution in [3.63, 3.8) is 0 Å². The SMILES string of the molecule is Cc1cc(C)c(C(=O)O[C@H]2C=CS(=O)(=O)C2)c(C)c1. The summed E-state index contributed by atoms with van der Waals surface area (Å²) in [5, 5.41) is 1.10. The van der Waals surface area contributed by atoms with Gasteiger partial charge in [-0.3, -0.25) is 0 Å². The molecule has 19 heavy (non-hydrogen) atoms. The fourth-order valence-electron chi connectivity index (χ4n) is 2.32. The topological polar surface area (TPSA) is 60.4 Å². The first-order chi connectivity index (χ1) is 8.78. The van der Waals surface area contributed by atoms with Crippen LogP contribution in [0.5, 0.6) is 0 Å². The first kappa shape index (κ1) is 13.8. The highest BCUT2D eigenvalue weighted by molar-refractivity contribution is 7.94. The third kappa shape index (κ3) is 3.04. The largest absolute Gasteiger partial charge is 0.453 e. The minimum Gasteiger partial charge on any atom is -0.453 e. The van der Waals surface area contributed by atoms with E-state index in [2.05, 4.69) is 0 Å². The maximum absolute atomic E-state index is 12.1. The van der Waals surface area contributed by atoms with Gasteiger partial charge in [0.15, 0.2) is 9.84 Å². The molecule has 0 amide bonds. The molecule has 0 radical (unpaired) electrons. The van der Waals surface area contributed by atoms with E-state index in [9.17, 15) is 13.2 Å². The molecule has 0 N–H and O–H groups in total. The Labute approximate surface area is 113 Å². The van der Waals surface area contributed by atoms with E-state index < -0.39 is 21.9 Å². The van der Waals surface area contributed by atoms with Gasteiger partial charge in [-0.2, -0.15) is 0 Å². The smallest absolute Gasteiger partial charge is 0.339 e. The molecular formula is C14H16O4S. The number of sulfone groups is 1. The highest BCUT2D eigenvalue weighted by Gasteiger charge is 2.26. The lowest BCUT2D eigenvalue weighted by molar-refractivity contribution is 0.0431. The monoisotopic (exact) mass is 280 g/mol. The molecule has 0 bridgehead atoms. The fraction of sp³-hybridized carbons (Fsp3) is 0.357. The van der Waals surface area contributed by atoms with Gasteiger partial charge in [0.05, 0.1) is 11.3 Å². The second-order valence-electron chi connectivity index (χ2n) is 4.88. The number of carbonyl (C=O) groups is 1. The standard InChI is InChI=1S/C14H16O4S/c1-9-6-10(2)13(11(3)7-9)14(15)18-12-4-5-19(16,17)8-12/h4-7,12H,8H2,1-3H3/t12-/m0/s1. The highest BCUT2D eigenvalue weighted by Crippen LogP contribution is 2.20. The summed E-state index contributed by atoms with van der Waals surface area (Å²) in [4.78, 5) is 12.1. The molecule has 5 heteroatoms. The number of aryl methyl sites for hydroxylation is 3. The average Bonchev–Trinajstić information content (AvgIpc) is 2.56. The summed E-state index contributed by atoms with van der Waals surface area (Å²) in [6.45, 7) is 5.65. The second-order valence-corrected chi connectivity index (χ2v) is 6.81. The average molecular weight is 280 g/mol. The van der Waals surface area contributed by atoms with Crippen LogP contribution in [-0.4, -0.2) is 26.2 Å². The van der Waals surface area contributed by atoms with Crippen molar-refractivity contribution in [3.05, 3.63) is 45.9 Å². The molecule has 0 unspecified atom stereocenters. The summed E-state index contributed by atoms with van der Waals surface area (Å²) in [5.41, 5.74) is 3.28. The number of hydrogen-bond acceptors (Lipinski definition) is 4. The van der Waals surface area contributed by atoms with Crippen LogP contribution in [0, 0.1) is 20.8 Å². The Balaban J connectivity index is 2.20. The van der Waals surface area contributed by atoms with Crippen molar-refractivity contribution in [2.75, 3.05) is 5.75 Å². The summed E-state index contributed by atoms with van der Waals surface area (Å²) in [5.74, 6) is -0.635. The van der Waals surface area contributed by atoms with Gasteiger partial charge in [-0.25, -0.2) is 13.2 Å². The first-order valence-electron chi connectivity index (χ1n) is 5.98. The normalized spacial score (nSPS) is 20.5. The van der Waals surface area contributed by atoms with E-state index in [1.54, 1.807) is 0 Å². The summed E-state index contributed by atoms with van der Waals surface area (Å²) in [6, 6.07) is 3.82. The van der Waals surface area contributed by atoms with Crippen LogP contribution in [0.15, 0.2) is 23.6 Å². The van der Waals surface area contributed by atoms with Crippen molar-refractivity contribution in [3.8, 4) is 0 Å². The van der Waals surface area contributed by atoms with Gasteiger partial charge in [-0.15, -0.1) is 0 Å². The van der Waals surface area contributed by atoms with Gasteiger partial charge in [0.2, 0.25) is 0 Å². The Kier molecular flexibility index (Phi) is 3.49. The molecule has 0 saturated heterocycles. The summed E-state index contributed by atoms with van der Waals surface area (Å²) in [7, 11) is -3.21. The molecular weight excluding hydrogens is 264 g/mol. The number of esters is 1. The third-order valence-corrected chi connectivity index (χ3v) is 4.40. The van der Waals surface area contributed by atoms with Crippen molar-refractivity contribution >= 4 is 15.8 Å². The summed E-state index contributed by atoms with van der Waals surface area (Å²) >= 11 is 0. The van der Waals surface area contributed by atoms with Crippen LogP contribution in [0.2, 0.25) is 0 Å². The number of carbonyl (C=O) groups excluding carboxylic acids is 1. The Bertz CT molecular complexity index is 633.